The van der Waals surface area contributed by atoms with Crippen LogP contribution in [0.4, 0.5) is 8.78 Å². The van der Waals surface area contributed by atoms with Crippen LogP contribution in [0.2, 0.25) is 0 Å². The Kier molecular flexibility index (Phi) is 4.49. The molecule has 0 aromatic heterocycles. The van der Waals surface area contributed by atoms with Crippen LogP contribution >= 0.6 is 0 Å². The van der Waals surface area contributed by atoms with E-state index >= 15 is 0 Å². The van der Waals surface area contributed by atoms with E-state index in [4.69, 9.17) is 14.6 Å². The Morgan fingerprint density at radius 2 is 1.50 bits per heavy atom. The molecule has 0 heterocycles. The highest BCUT2D eigenvalue weighted by atomic mass is 19.1. The largest absolute Gasteiger partial charge is 0.491 e. The molecule has 0 amide bonds. The number of hydrogen-bond donors (Lipinski definition) is 1. The van der Waals surface area contributed by atoms with E-state index in [1.807, 2.05) is 0 Å². The summed E-state index contributed by atoms with van der Waals surface area (Å²) in [6.07, 6.45) is 0. The van der Waals surface area contributed by atoms with Crippen molar-refractivity contribution in [3.8, 4) is 11.5 Å². The van der Waals surface area contributed by atoms with Gasteiger partial charge in [-0.3, -0.25) is 0 Å². The van der Waals surface area contributed by atoms with Gasteiger partial charge in [-0.05, 0) is 13.8 Å². The predicted molar refractivity (Wildman–Crippen MR) is 54.6 cm³/mol. The molecule has 0 fully saturated rings. The van der Waals surface area contributed by atoms with E-state index in [0.29, 0.717) is 0 Å². The maximum absolute atomic E-state index is 13.6. The number of benzene rings is 1. The first-order valence-electron chi connectivity index (χ1n) is 5.02. The van der Waals surface area contributed by atoms with Gasteiger partial charge in [-0.1, -0.05) is 0 Å². The molecule has 0 atom stereocenters. The predicted octanol–water partition coefficient (Wildman–Crippen LogP) is 2.25. The van der Waals surface area contributed by atoms with E-state index < -0.39 is 23.8 Å². The van der Waals surface area contributed by atoms with Crippen LogP contribution in [0, 0.1) is 11.6 Å². The SMILES string of the molecule is CCOc1cc(OCC)c(F)c(CO)c1F. The van der Waals surface area contributed by atoms with Gasteiger partial charge in [0.25, 0.3) is 0 Å². The van der Waals surface area contributed by atoms with Crippen molar-refractivity contribution in [3.05, 3.63) is 23.3 Å². The Bertz CT molecular complexity index is 336. The lowest BCUT2D eigenvalue weighted by Gasteiger charge is -2.12. The highest BCUT2D eigenvalue weighted by Gasteiger charge is 2.19. The van der Waals surface area contributed by atoms with Crippen LogP contribution in [0.15, 0.2) is 6.07 Å². The van der Waals surface area contributed by atoms with Gasteiger partial charge >= 0.3 is 0 Å². The van der Waals surface area contributed by atoms with Gasteiger partial charge < -0.3 is 14.6 Å². The number of hydrogen-bond acceptors (Lipinski definition) is 3. The minimum atomic E-state index is -0.884. The molecule has 5 heteroatoms. The van der Waals surface area contributed by atoms with Crippen molar-refractivity contribution >= 4 is 0 Å². The first-order chi connectivity index (χ1) is 7.65. The maximum Gasteiger partial charge on any atom is 0.173 e. The molecule has 0 aliphatic carbocycles. The van der Waals surface area contributed by atoms with E-state index in [0.717, 1.165) is 6.07 Å². The molecule has 16 heavy (non-hydrogen) atoms. The fraction of sp³-hybridized carbons (Fsp3) is 0.455. The minimum Gasteiger partial charge on any atom is -0.491 e. The molecule has 90 valence electrons. The number of halogens is 2. The highest BCUT2D eigenvalue weighted by Crippen LogP contribution is 2.31. The number of ether oxygens (including phenoxy) is 2. The highest BCUT2D eigenvalue weighted by molar-refractivity contribution is 5.41. The van der Waals surface area contributed by atoms with Gasteiger partial charge in [-0.2, -0.15) is 0 Å². The summed E-state index contributed by atoms with van der Waals surface area (Å²) in [5, 5.41) is 8.89. The van der Waals surface area contributed by atoms with E-state index in [9.17, 15) is 8.78 Å². The van der Waals surface area contributed by atoms with Crippen LogP contribution in [0.25, 0.3) is 0 Å². The molecule has 0 saturated heterocycles. The first-order valence-corrected chi connectivity index (χ1v) is 5.02. The van der Waals surface area contributed by atoms with Crippen LogP contribution in [-0.4, -0.2) is 18.3 Å². The molecule has 0 bridgehead atoms. The fourth-order valence-corrected chi connectivity index (χ4v) is 1.30. The summed E-state index contributed by atoms with van der Waals surface area (Å²) >= 11 is 0. The molecule has 0 aliphatic rings. The zero-order valence-corrected chi connectivity index (χ0v) is 9.22. The van der Waals surface area contributed by atoms with Crippen molar-refractivity contribution in [1.82, 2.24) is 0 Å². The lowest BCUT2D eigenvalue weighted by atomic mass is 10.1. The van der Waals surface area contributed by atoms with Crippen molar-refractivity contribution in [2.75, 3.05) is 13.2 Å². The Labute approximate surface area is 92.6 Å². The Morgan fingerprint density at radius 1 is 1.06 bits per heavy atom. The Hall–Kier alpha value is -1.36. The standard InChI is InChI=1S/C11H14F2O3/c1-3-15-8-5-9(16-4-2)11(13)7(6-14)10(8)12/h5,14H,3-4,6H2,1-2H3. The van der Waals surface area contributed by atoms with Crippen LogP contribution in [-0.2, 0) is 6.61 Å². The molecule has 0 saturated carbocycles. The van der Waals surface area contributed by atoms with Gasteiger partial charge in [-0.25, -0.2) is 8.78 Å². The molecule has 1 rings (SSSR count). The first kappa shape index (κ1) is 12.7. The molecular weight excluding hydrogens is 218 g/mol. The third kappa shape index (κ3) is 2.41. The number of rotatable bonds is 5. The molecular formula is C11H14F2O3. The molecule has 0 aliphatic heterocycles. The third-order valence-corrected chi connectivity index (χ3v) is 1.98. The number of aliphatic hydroxyl groups is 1. The second kappa shape index (κ2) is 5.65. The molecule has 0 spiro atoms. The molecule has 0 radical (unpaired) electrons. The van der Waals surface area contributed by atoms with E-state index in [2.05, 4.69) is 0 Å². The van der Waals surface area contributed by atoms with Gasteiger partial charge in [0, 0.05) is 6.07 Å². The van der Waals surface area contributed by atoms with Crippen LogP contribution in [0.5, 0.6) is 11.5 Å². The molecule has 1 aromatic carbocycles. The zero-order valence-electron chi connectivity index (χ0n) is 9.22. The van der Waals surface area contributed by atoms with Crippen molar-refractivity contribution < 1.29 is 23.4 Å². The van der Waals surface area contributed by atoms with Crippen LogP contribution in [0.1, 0.15) is 19.4 Å². The second-order valence-corrected chi connectivity index (χ2v) is 3.00. The minimum absolute atomic E-state index is 0.114. The lowest BCUT2D eigenvalue weighted by Crippen LogP contribution is -2.05. The van der Waals surface area contributed by atoms with Gasteiger partial charge in [0.15, 0.2) is 23.1 Å². The van der Waals surface area contributed by atoms with Gasteiger partial charge in [0.1, 0.15) is 0 Å². The lowest BCUT2D eigenvalue weighted by molar-refractivity contribution is 0.253. The summed E-state index contributed by atoms with van der Waals surface area (Å²) in [5.41, 5.74) is -0.436. The summed E-state index contributed by atoms with van der Waals surface area (Å²) in [7, 11) is 0. The van der Waals surface area contributed by atoms with Crippen molar-refractivity contribution in [2.24, 2.45) is 0 Å². The van der Waals surface area contributed by atoms with Crippen molar-refractivity contribution in [1.29, 1.82) is 0 Å². The quantitative estimate of drug-likeness (QED) is 0.846. The van der Waals surface area contributed by atoms with E-state index in [1.165, 1.54) is 0 Å². The number of aliphatic hydroxyl groups excluding tert-OH is 1. The molecule has 1 aromatic rings. The topological polar surface area (TPSA) is 38.7 Å². The van der Waals surface area contributed by atoms with E-state index in [1.54, 1.807) is 13.8 Å². The molecule has 1 N–H and O–H groups in total. The maximum atomic E-state index is 13.6. The van der Waals surface area contributed by atoms with Crippen LogP contribution in [0.3, 0.4) is 0 Å². The average molecular weight is 232 g/mol. The summed E-state index contributed by atoms with van der Waals surface area (Å²) in [4.78, 5) is 0. The zero-order chi connectivity index (χ0) is 12.1. The van der Waals surface area contributed by atoms with Crippen molar-refractivity contribution in [2.45, 2.75) is 20.5 Å². The second-order valence-electron chi connectivity index (χ2n) is 3.00. The smallest absolute Gasteiger partial charge is 0.173 e. The normalized spacial score (nSPS) is 10.3. The summed E-state index contributed by atoms with van der Waals surface area (Å²) < 4.78 is 37.1. The van der Waals surface area contributed by atoms with Gasteiger partial charge in [0.2, 0.25) is 0 Å². The monoisotopic (exact) mass is 232 g/mol. The van der Waals surface area contributed by atoms with E-state index in [-0.39, 0.29) is 24.7 Å². The Balaban J connectivity index is 3.25. The summed E-state index contributed by atoms with van der Waals surface area (Å²) in [6.45, 7) is 3.13. The third-order valence-electron chi connectivity index (χ3n) is 1.98. The Morgan fingerprint density at radius 3 is 1.81 bits per heavy atom. The van der Waals surface area contributed by atoms with Gasteiger partial charge in [0.05, 0.1) is 25.4 Å². The summed E-state index contributed by atoms with van der Waals surface area (Å²) in [5.74, 6) is -2.00. The van der Waals surface area contributed by atoms with Crippen LogP contribution < -0.4 is 9.47 Å². The molecule has 3 nitrogen and oxygen atoms in total. The van der Waals surface area contributed by atoms with Crippen molar-refractivity contribution in [3.63, 3.8) is 0 Å². The average Bonchev–Trinajstić information content (AvgIpc) is 2.26. The molecule has 0 unspecified atom stereocenters. The van der Waals surface area contributed by atoms with Gasteiger partial charge in [-0.15, -0.1) is 0 Å². The summed E-state index contributed by atoms with van der Waals surface area (Å²) in [6, 6.07) is 1.15. The fourth-order valence-electron chi connectivity index (χ4n) is 1.30.